The molecule has 3 heteroatoms. The number of hydrogen-bond donors (Lipinski definition) is 0. The lowest BCUT2D eigenvalue weighted by Crippen LogP contribution is -2.04. The molecule has 0 bridgehead atoms. The molecule has 0 unspecified atom stereocenters. The van der Waals surface area contributed by atoms with Crippen LogP contribution in [0.5, 0.6) is 11.5 Å². The molecule has 0 saturated heterocycles. The summed E-state index contributed by atoms with van der Waals surface area (Å²) in [5.41, 5.74) is 2.31. The summed E-state index contributed by atoms with van der Waals surface area (Å²) >= 11 is 0. The van der Waals surface area contributed by atoms with Crippen LogP contribution in [0.15, 0.2) is 48.5 Å². The predicted octanol–water partition coefficient (Wildman–Crippen LogP) is 4.07. The van der Waals surface area contributed by atoms with Crippen LogP contribution in [0.3, 0.4) is 0 Å². The minimum Gasteiger partial charge on any atom is -0.469 e. The van der Waals surface area contributed by atoms with Crippen LogP contribution >= 0.6 is 0 Å². The number of carbonyl (C=O) groups is 1. The molecule has 3 rings (SSSR count). The number of ether oxygens (including phenoxy) is 2. The molecular weight excluding hydrogens is 264 g/mol. The van der Waals surface area contributed by atoms with E-state index in [1.807, 2.05) is 36.4 Å². The SMILES string of the molecule is COC(=O)Cc1ccc(Oc2ccc(C3CC3)cc2)cc1. The van der Waals surface area contributed by atoms with E-state index in [4.69, 9.17) is 4.74 Å². The molecule has 2 aromatic carbocycles. The average Bonchev–Trinajstić information content (AvgIpc) is 3.35. The Kier molecular flexibility index (Phi) is 3.91. The highest BCUT2D eigenvalue weighted by Crippen LogP contribution is 2.40. The van der Waals surface area contributed by atoms with Crippen molar-refractivity contribution in [2.24, 2.45) is 0 Å². The Morgan fingerprint density at radius 3 is 2.10 bits per heavy atom. The predicted molar refractivity (Wildman–Crippen MR) is 80.7 cm³/mol. The van der Waals surface area contributed by atoms with Gasteiger partial charge in [-0.05, 0) is 54.2 Å². The van der Waals surface area contributed by atoms with E-state index < -0.39 is 0 Å². The van der Waals surface area contributed by atoms with Gasteiger partial charge < -0.3 is 9.47 Å². The highest BCUT2D eigenvalue weighted by atomic mass is 16.5. The minimum absolute atomic E-state index is 0.237. The molecule has 108 valence electrons. The second kappa shape index (κ2) is 6.00. The van der Waals surface area contributed by atoms with Gasteiger partial charge in [0.25, 0.3) is 0 Å². The van der Waals surface area contributed by atoms with E-state index in [0.717, 1.165) is 23.0 Å². The molecule has 0 aromatic heterocycles. The van der Waals surface area contributed by atoms with E-state index in [9.17, 15) is 4.79 Å². The largest absolute Gasteiger partial charge is 0.469 e. The van der Waals surface area contributed by atoms with Crippen molar-refractivity contribution in [1.82, 2.24) is 0 Å². The molecule has 0 atom stereocenters. The van der Waals surface area contributed by atoms with Crippen molar-refractivity contribution in [3.63, 3.8) is 0 Å². The van der Waals surface area contributed by atoms with Crippen molar-refractivity contribution in [3.05, 3.63) is 59.7 Å². The first-order valence-corrected chi connectivity index (χ1v) is 7.18. The molecule has 1 aliphatic rings. The molecule has 0 heterocycles. The number of esters is 1. The highest BCUT2D eigenvalue weighted by molar-refractivity contribution is 5.72. The summed E-state index contributed by atoms with van der Waals surface area (Å²) in [6.07, 6.45) is 2.90. The first-order chi connectivity index (χ1) is 10.2. The first kappa shape index (κ1) is 13.7. The summed E-state index contributed by atoms with van der Waals surface area (Å²) in [7, 11) is 1.39. The minimum atomic E-state index is -0.237. The van der Waals surface area contributed by atoms with Crippen LogP contribution in [0.25, 0.3) is 0 Å². The summed E-state index contributed by atoms with van der Waals surface area (Å²) in [4.78, 5) is 11.2. The molecule has 0 radical (unpaired) electrons. The Hall–Kier alpha value is -2.29. The second-order valence-electron chi connectivity index (χ2n) is 5.34. The van der Waals surface area contributed by atoms with E-state index in [-0.39, 0.29) is 12.4 Å². The lowest BCUT2D eigenvalue weighted by atomic mass is 10.1. The Balaban J connectivity index is 1.62. The van der Waals surface area contributed by atoms with Crippen LogP contribution < -0.4 is 4.74 Å². The molecule has 0 amide bonds. The summed E-state index contributed by atoms with van der Waals surface area (Å²) < 4.78 is 10.4. The van der Waals surface area contributed by atoms with Crippen LogP contribution in [0.2, 0.25) is 0 Å². The van der Waals surface area contributed by atoms with Gasteiger partial charge in [0, 0.05) is 0 Å². The van der Waals surface area contributed by atoms with Crippen LogP contribution in [0.4, 0.5) is 0 Å². The number of rotatable bonds is 5. The fraction of sp³-hybridized carbons (Fsp3) is 0.278. The van der Waals surface area contributed by atoms with Gasteiger partial charge in [-0.15, -0.1) is 0 Å². The highest BCUT2D eigenvalue weighted by Gasteiger charge is 2.22. The maximum atomic E-state index is 11.2. The van der Waals surface area contributed by atoms with Gasteiger partial charge in [0.15, 0.2) is 0 Å². The fourth-order valence-corrected chi connectivity index (χ4v) is 2.27. The smallest absolute Gasteiger partial charge is 0.309 e. The van der Waals surface area contributed by atoms with E-state index in [2.05, 4.69) is 16.9 Å². The Labute approximate surface area is 124 Å². The van der Waals surface area contributed by atoms with E-state index in [0.29, 0.717) is 0 Å². The summed E-state index contributed by atoms with van der Waals surface area (Å²) in [5.74, 6) is 2.12. The fourth-order valence-electron chi connectivity index (χ4n) is 2.27. The average molecular weight is 282 g/mol. The van der Waals surface area contributed by atoms with Crippen LogP contribution in [0.1, 0.15) is 29.9 Å². The van der Waals surface area contributed by atoms with E-state index in [1.54, 1.807) is 0 Å². The maximum Gasteiger partial charge on any atom is 0.309 e. The van der Waals surface area contributed by atoms with Crippen LogP contribution in [0, 0.1) is 0 Å². The summed E-state index contributed by atoms with van der Waals surface area (Å²) in [6, 6.07) is 15.8. The lowest BCUT2D eigenvalue weighted by molar-refractivity contribution is -0.139. The molecule has 1 aliphatic carbocycles. The summed E-state index contributed by atoms with van der Waals surface area (Å²) in [5, 5.41) is 0. The molecular formula is C18H18O3. The van der Waals surface area contributed by atoms with Gasteiger partial charge in [-0.1, -0.05) is 24.3 Å². The Morgan fingerprint density at radius 2 is 1.57 bits per heavy atom. The van der Waals surface area contributed by atoms with Crippen molar-refractivity contribution < 1.29 is 14.3 Å². The van der Waals surface area contributed by atoms with Crippen molar-refractivity contribution >= 4 is 5.97 Å². The van der Waals surface area contributed by atoms with Gasteiger partial charge in [-0.2, -0.15) is 0 Å². The third-order valence-corrected chi connectivity index (χ3v) is 3.66. The standard InChI is InChI=1S/C18H18O3/c1-20-18(19)12-13-2-8-16(9-3-13)21-17-10-6-15(7-11-17)14-4-5-14/h2-3,6-11,14H,4-5,12H2,1H3. The van der Waals surface area contributed by atoms with E-state index >= 15 is 0 Å². The zero-order valence-electron chi connectivity index (χ0n) is 12.0. The number of hydrogen-bond acceptors (Lipinski definition) is 3. The Morgan fingerprint density at radius 1 is 1.00 bits per heavy atom. The Bertz CT molecular complexity index is 610. The van der Waals surface area contributed by atoms with Crippen molar-refractivity contribution in [1.29, 1.82) is 0 Å². The molecule has 21 heavy (non-hydrogen) atoms. The zero-order chi connectivity index (χ0) is 14.7. The van der Waals surface area contributed by atoms with Crippen LogP contribution in [-0.2, 0) is 16.0 Å². The van der Waals surface area contributed by atoms with Gasteiger partial charge in [-0.25, -0.2) is 0 Å². The molecule has 0 spiro atoms. The molecule has 0 N–H and O–H groups in total. The van der Waals surface area contributed by atoms with Crippen molar-refractivity contribution in [3.8, 4) is 11.5 Å². The molecule has 1 saturated carbocycles. The number of benzene rings is 2. The number of methoxy groups -OCH3 is 1. The third kappa shape index (κ3) is 3.63. The van der Waals surface area contributed by atoms with Crippen molar-refractivity contribution in [2.75, 3.05) is 7.11 Å². The van der Waals surface area contributed by atoms with Gasteiger partial charge in [-0.3, -0.25) is 4.79 Å². The second-order valence-corrected chi connectivity index (χ2v) is 5.34. The van der Waals surface area contributed by atoms with Gasteiger partial charge in [0.1, 0.15) is 11.5 Å². The number of carbonyl (C=O) groups excluding carboxylic acids is 1. The first-order valence-electron chi connectivity index (χ1n) is 7.18. The molecule has 0 aliphatic heterocycles. The lowest BCUT2D eigenvalue weighted by Gasteiger charge is -2.07. The van der Waals surface area contributed by atoms with Crippen molar-refractivity contribution in [2.45, 2.75) is 25.2 Å². The molecule has 1 fully saturated rings. The third-order valence-electron chi connectivity index (χ3n) is 3.66. The molecule has 3 nitrogen and oxygen atoms in total. The topological polar surface area (TPSA) is 35.5 Å². The van der Waals surface area contributed by atoms with E-state index in [1.165, 1.54) is 25.5 Å². The van der Waals surface area contributed by atoms with Gasteiger partial charge in [0.2, 0.25) is 0 Å². The molecule has 2 aromatic rings. The van der Waals surface area contributed by atoms with Gasteiger partial charge in [0.05, 0.1) is 13.5 Å². The van der Waals surface area contributed by atoms with Crippen LogP contribution in [-0.4, -0.2) is 13.1 Å². The monoisotopic (exact) mass is 282 g/mol. The zero-order valence-corrected chi connectivity index (χ0v) is 12.0. The normalized spacial score (nSPS) is 13.8. The van der Waals surface area contributed by atoms with Gasteiger partial charge >= 0.3 is 5.97 Å². The maximum absolute atomic E-state index is 11.2. The quantitative estimate of drug-likeness (QED) is 0.775. The summed E-state index contributed by atoms with van der Waals surface area (Å²) in [6.45, 7) is 0.